The number of fused-ring (bicyclic) bond motifs is 1. The molecule has 3 rings (SSSR count). The van der Waals surface area contributed by atoms with Gasteiger partial charge in [-0.15, -0.1) is 0 Å². The molecule has 1 saturated carbocycles. The van der Waals surface area contributed by atoms with Crippen LogP contribution in [0.4, 0.5) is 5.69 Å². The fourth-order valence-corrected chi connectivity index (χ4v) is 3.69. The second-order valence-corrected chi connectivity index (χ2v) is 6.47. The largest absolute Gasteiger partial charge is 0.382 e. The van der Waals surface area contributed by atoms with E-state index in [-0.39, 0.29) is 0 Å². The molecular weight excluding hydrogens is 242 g/mol. The van der Waals surface area contributed by atoms with E-state index in [2.05, 4.69) is 61.6 Å². The molecule has 0 amide bonds. The van der Waals surface area contributed by atoms with Gasteiger partial charge in [0.2, 0.25) is 0 Å². The Kier molecular flexibility index (Phi) is 3.95. The van der Waals surface area contributed by atoms with Crippen molar-refractivity contribution in [1.29, 1.82) is 0 Å². The Morgan fingerprint density at radius 2 is 1.70 bits per heavy atom. The van der Waals surface area contributed by atoms with Crippen molar-refractivity contribution in [2.45, 2.75) is 45.6 Å². The minimum absolute atomic E-state index is 0.634. The molecule has 0 bridgehead atoms. The maximum Gasteiger partial charge on any atom is 0.0422 e. The van der Waals surface area contributed by atoms with Crippen molar-refractivity contribution < 1.29 is 0 Å². The van der Waals surface area contributed by atoms with E-state index in [9.17, 15) is 0 Å². The van der Waals surface area contributed by atoms with Crippen LogP contribution in [0.1, 0.15) is 39.5 Å². The Morgan fingerprint density at radius 1 is 0.950 bits per heavy atom. The van der Waals surface area contributed by atoms with E-state index in [1.165, 1.54) is 42.1 Å². The minimum Gasteiger partial charge on any atom is -0.382 e. The zero-order valence-electron chi connectivity index (χ0n) is 12.6. The van der Waals surface area contributed by atoms with Gasteiger partial charge < -0.3 is 5.32 Å². The second-order valence-electron chi connectivity index (χ2n) is 6.47. The lowest BCUT2D eigenvalue weighted by Gasteiger charge is -2.35. The van der Waals surface area contributed by atoms with Gasteiger partial charge in [0.25, 0.3) is 0 Å². The highest BCUT2D eigenvalue weighted by Crippen LogP contribution is 2.34. The summed E-state index contributed by atoms with van der Waals surface area (Å²) in [6.07, 6.45) is 5.45. The van der Waals surface area contributed by atoms with Crippen molar-refractivity contribution in [1.82, 2.24) is 0 Å². The van der Waals surface area contributed by atoms with E-state index in [1.54, 1.807) is 0 Å². The van der Waals surface area contributed by atoms with Crippen LogP contribution in [0.15, 0.2) is 42.5 Å². The van der Waals surface area contributed by atoms with Gasteiger partial charge in [-0.05, 0) is 36.1 Å². The number of hydrogen-bond donors (Lipinski definition) is 1. The quantitative estimate of drug-likeness (QED) is 0.778. The van der Waals surface area contributed by atoms with E-state index in [0.29, 0.717) is 6.04 Å². The first-order valence-corrected chi connectivity index (χ1v) is 8.00. The molecule has 2 atom stereocenters. The van der Waals surface area contributed by atoms with Gasteiger partial charge in [0.15, 0.2) is 0 Å². The SMILES string of the molecule is CC(C)C1CCCCC1Nc1cccc2ccccc12. The zero-order valence-corrected chi connectivity index (χ0v) is 12.6. The summed E-state index contributed by atoms with van der Waals surface area (Å²) < 4.78 is 0. The van der Waals surface area contributed by atoms with Crippen LogP contribution in [0.2, 0.25) is 0 Å². The molecule has 1 fully saturated rings. The van der Waals surface area contributed by atoms with Gasteiger partial charge >= 0.3 is 0 Å². The maximum absolute atomic E-state index is 3.86. The summed E-state index contributed by atoms with van der Waals surface area (Å²) in [6, 6.07) is 15.9. The molecule has 20 heavy (non-hydrogen) atoms. The molecule has 0 aliphatic heterocycles. The van der Waals surface area contributed by atoms with Crippen LogP contribution in [0.25, 0.3) is 10.8 Å². The molecule has 2 unspecified atom stereocenters. The van der Waals surface area contributed by atoms with Crippen molar-refractivity contribution in [3.05, 3.63) is 42.5 Å². The summed E-state index contributed by atoms with van der Waals surface area (Å²) in [5, 5.41) is 6.53. The van der Waals surface area contributed by atoms with Gasteiger partial charge in [0.1, 0.15) is 0 Å². The molecule has 106 valence electrons. The fraction of sp³-hybridized carbons (Fsp3) is 0.474. The number of anilines is 1. The van der Waals surface area contributed by atoms with Crippen LogP contribution in [0, 0.1) is 11.8 Å². The standard InChI is InChI=1S/C19H25N/c1-14(2)16-10-5-6-12-18(16)20-19-13-7-9-15-8-3-4-11-17(15)19/h3-4,7-9,11,13-14,16,18,20H,5-6,10,12H2,1-2H3. The fourth-order valence-electron chi connectivity index (χ4n) is 3.69. The molecule has 0 aromatic heterocycles. The van der Waals surface area contributed by atoms with Crippen molar-refractivity contribution in [2.75, 3.05) is 5.32 Å². The summed E-state index contributed by atoms with van der Waals surface area (Å²) in [5.41, 5.74) is 1.31. The first kappa shape index (κ1) is 13.5. The highest BCUT2D eigenvalue weighted by molar-refractivity contribution is 5.93. The van der Waals surface area contributed by atoms with Crippen LogP contribution >= 0.6 is 0 Å². The molecule has 2 aromatic rings. The Balaban J connectivity index is 1.88. The number of rotatable bonds is 3. The average molecular weight is 267 g/mol. The minimum atomic E-state index is 0.634. The van der Waals surface area contributed by atoms with Gasteiger partial charge in [-0.25, -0.2) is 0 Å². The van der Waals surface area contributed by atoms with Crippen LogP contribution < -0.4 is 5.32 Å². The van der Waals surface area contributed by atoms with Crippen molar-refractivity contribution in [2.24, 2.45) is 11.8 Å². The monoisotopic (exact) mass is 267 g/mol. The van der Waals surface area contributed by atoms with Gasteiger partial charge in [-0.2, -0.15) is 0 Å². The Labute approximate surface area is 122 Å². The molecule has 0 heterocycles. The highest BCUT2D eigenvalue weighted by Gasteiger charge is 2.27. The van der Waals surface area contributed by atoms with Crippen molar-refractivity contribution in [3.8, 4) is 0 Å². The lowest BCUT2D eigenvalue weighted by atomic mass is 9.77. The van der Waals surface area contributed by atoms with Gasteiger partial charge in [-0.1, -0.05) is 63.1 Å². The molecule has 0 radical (unpaired) electrons. The molecule has 1 heteroatoms. The first-order chi connectivity index (χ1) is 9.75. The number of hydrogen-bond acceptors (Lipinski definition) is 1. The summed E-state index contributed by atoms with van der Waals surface area (Å²) in [7, 11) is 0. The summed E-state index contributed by atoms with van der Waals surface area (Å²) in [4.78, 5) is 0. The summed E-state index contributed by atoms with van der Waals surface area (Å²) in [6.45, 7) is 4.74. The Morgan fingerprint density at radius 3 is 2.55 bits per heavy atom. The van der Waals surface area contributed by atoms with E-state index in [1.807, 2.05) is 0 Å². The molecule has 1 N–H and O–H groups in total. The van der Waals surface area contributed by atoms with Gasteiger partial charge in [-0.3, -0.25) is 0 Å². The lowest BCUT2D eigenvalue weighted by molar-refractivity contribution is 0.254. The lowest BCUT2D eigenvalue weighted by Crippen LogP contribution is -2.35. The smallest absolute Gasteiger partial charge is 0.0422 e. The average Bonchev–Trinajstić information content (AvgIpc) is 2.48. The summed E-state index contributed by atoms with van der Waals surface area (Å²) in [5.74, 6) is 1.57. The first-order valence-electron chi connectivity index (χ1n) is 8.00. The summed E-state index contributed by atoms with van der Waals surface area (Å²) >= 11 is 0. The molecule has 2 aromatic carbocycles. The van der Waals surface area contributed by atoms with E-state index >= 15 is 0 Å². The second kappa shape index (κ2) is 5.87. The van der Waals surface area contributed by atoms with Gasteiger partial charge in [0, 0.05) is 17.1 Å². The normalized spacial score (nSPS) is 23.1. The predicted molar refractivity (Wildman–Crippen MR) is 88.2 cm³/mol. The van der Waals surface area contributed by atoms with Crippen molar-refractivity contribution >= 4 is 16.5 Å². The van der Waals surface area contributed by atoms with Crippen LogP contribution in [0.5, 0.6) is 0 Å². The van der Waals surface area contributed by atoms with Crippen LogP contribution in [-0.2, 0) is 0 Å². The molecule has 1 nitrogen and oxygen atoms in total. The van der Waals surface area contributed by atoms with Crippen LogP contribution in [-0.4, -0.2) is 6.04 Å². The van der Waals surface area contributed by atoms with E-state index < -0.39 is 0 Å². The van der Waals surface area contributed by atoms with E-state index in [0.717, 1.165) is 11.8 Å². The van der Waals surface area contributed by atoms with Crippen LogP contribution in [0.3, 0.4) is 0 Å². The molecule has 1 aliphatic carbocycles. The molecule has 0 spiro atoms. The maximum atomic E-state index is 3.86. The molecular formula is C19H25N. The van der Waals surface area contributed by atoms with Crippen molar-refractivity contribution in [3.63, 3.8) is 0 Å². The topological polar surface area (TPSA) is 12.0 Å². The molecule has 0 saturated heterocycles. The number of benzene rings is 2. The number of nitrogens with one attached hydrogen (secondary N) is 1. The Hall–Kier alpha value is -1.50. The highest BCUT2D eigenvalue weighted by atomic mass is 14.9. The molecule has 1 aliphatic rings. The van der Waals surface area contributed by atoms with E-state index in [4.69, 9.17) is 0 Å². The third-order valence-corrected chi connectivity index (χ3v) is 4.81. The third kappa shape index (κ3) is 2.67. The zero-order chi connectivity index (χ0) is 13.9. The Bertz CT molecular complexity index is 567. The predicted octanol–water partition coefficient (Wildman–Crippen LogP) is 5.47. The van der Waals surface area contributed by atoms with Gasteiger partial charge in [0.05, 0.1) is 0 Å². The third-order valence-electron chi connectivity index (χ3n) is 4.81.